The number of benzene rings is 6. The Balaban J connectivity index is 0.000000241. The Bertz CT molecular complexity index is 5750. The maximum absolute atomic E-state index is 15.3. The summed E-state index contributed by atoms with van der Waals surface area (Å²) in [5, 5.41) is 24.5. The van der Waals surface area contributed by atoms with Crippen LogP contribution in [0.25, 0.3) is 0 Å². The molecule has 14 rings (SSSR count). The average Bonchev–Trinajstić information content (AvgIpc) is 1.63. The fourth-order valence-corrected chi connectivity index (χ4v) is 20.2. The fraction of sp³-hybridized carbons (Fsp3) is 0.416. The second kappa shape index (κ2) is 39.0. The SMILES string of the molecule is C.Cc1cn(C2CC(NC(c3ccccc3)(c3ccccc3)c3ccccc3)C(COP(=O)(NC3CC(n4cc(C)c(=O)[nH]c4=O)OC3CO)N(C)C)O2)c(=O)[nH]c1=O.Cc1cn(C2CC(NC(c3ccccc3)(c3ccccc3)c3ccccc3)C(COP(=O)(NC3CC(n4cc(C)c(=O)[nH]c4=O)OC3CO[Si](C)(C)C(C)(C)C)N(C)C)O2)c(=O)[nH]c1=O.[2HH]. The molecule has 124 heavy (non-hydrogen) atoms. The van der Waals surface area contributed by atoms with Gasteiger partial charge in [0, 0.05) is 98.3 Å². The standard InChI is InChI=1S/C47H62N7O9PSi.C41H48N7O9P.CH4.H2/c1-31-27-53(44(57)48-42(31)55)40-25-36(50-47(33-19-13-10-14-20-33,34-21-15-11-16-22-34)35-23-17-12-18-24-35)38(62-40)29-60-64(59,52(6)7)51-37-26-41(54-28-32(2)43(56)49-45(54)58)63-39(37)30-61-65(8,9)46(3,4)5;1-26-22-47(39(52)42-37(26)50)35-20-31(44-41(28-14-8-5-9-15-28,29-16-10-6-11-17-29)30-18-12-7-13-19-30)34(57-35)25-55-58(54,46(3)4)45-32-21-36(56-33(32)24-49)48-23-27(2)38(51)43-40(48)53;;/h10-24,27-28,36-41,50H,25-26,29-30H2,1-9H3,(H,51,59)(H,48,55,57)(H,49,56,58);5-19,22-23,31-36,44,49H,20-21,24-25H2,1-4H3,(H,45,54)(H,42,50,52)(H,43,51,53);1H4;1H/i;;;1+1. The average molecular weight is 1760 g/mol. The van der Waals surface area contributed by atoms with Gasteiger partial charge in [-0.05, 0) is 107 Å². The van der Waals surface area contributed by atoms with E-state index < -0.39 is 160 Å². The minimum absolute atomic E-state index is 0. The Morgan fingerprint density at radius 2 is 0.645 bits per heavy atom. The lowest BCUT2D eigenvalue weighted by Crippen LogP contribution is -2.53. The molecule has 4 aliphatic rings. The highest BCUT2D eigenvalue weighted by atomic mass is 31.2. The lowest BCUT2D eigenvalue weighted by atomic mass is 9.76. The van der Waals surface area contributed by atoms with Gasteiger partial charge in [0.25, 0.3) is 22.2 Å². The number of aliphatic hydroxyl groups excluding tert-OH is 1. The van der Waals surface area contributed by atoms with Crippen molar-refractivity contribution in [2.24, 2.45) is 0 Å². The number of aromatic amines is 4. The molecule has 4 aromatic heterocycles. The van der Waals surface area contributed by atoms with Crippen molar-refractivity contribution in [1.29, 1.82) is 0 Å². The number of aliphatic hydroxyl groups is 1. The molecule has 14 unspecified atom stereocenters. The molecule has 32 nitrogen and oxygen atoms in total. The van der Waals surface area contributed by atoms with Crippen LogP contribution in [0.15, 0.2) is 245 Å². The topological polar surface area (TPSA) is 393 Å². The number of nitrogens with zero attached hydrogens (tertiary/aromatic N) is 6. The molecule has 10 aromatic rings. The Labute approximate surface area is 721 Å². The largest absolute Gasteiger partial charge is 0.414 e. The van der Waals surface area contributed by atoms with E-state index in [-0.39, 0.29) is 59.4 Å². The maximum Gasteiger partial charge on any atom is 0.343 e. The van der Waals surface area contributed by atoms with E-state index in [0.29, 0.717) is 22.3 Å². The molecular weight excluding hydrogens is 1640 g/mol. The molecule has 0 spiro atoms. The second-order valence-electron chi connectivity index (χ2n) is 33.6. The quantitative estimate of drug-likeness (QED) is 0.0115. The summed E-state index contributed by atoms with van der Waals surface area (Å²) < 4.78 is 83.8. The minimum Gasteiger partial charge on any atom is -0.414 e. The zero-order valence-corrected chi connectivity index (χ0v) is 74.0. The van der Waals surface area contributed by atoms with E-state index in [9.17, 15) is 48.0 Å². The third-order valence-corrected chi connectivity index (χ3v) is 32.9. The molecule has 0 saturated carbocycles. The highest BCUT2D eigenvalue weighted by molar-refractivity contribution is 7.54. The number of nitrogens with one attached hydrogen (secondary N) is 8. The van der Waals surface area contributed by atoms with Crippen LogP contribution in [-0.2, 0) is 52.6 Å². The van der Waals surface area contributed by atoms with Crippen LogP contribution in [-0.4, -0.2) is 164 Å². The first kappa shape index (κ1) is 93.3. The van der Waals surface area contributed by atoms with Crippen molar-refractivity contribution in [3.05, 3.63) is 346 Å². The maximum atomic E-state index is 15.3. The van der Waals surface area contributed by atoms with E-state index in [4.69, 9.17) is 32.4 Å². The van der Waals surface area contributed by atoms with E-state index in [1.54, 1.807) is 55.9 Å². The molecule has 6 aromatic carbocycles. The Kier molecular flexibility index (Phi) is 29.3. The van der Waals surface area contributed by atoms with E-state index in [0.717, 1.165) is 33.4 Å². The van der Waals surface area contributed by atoms with Crippen LogP contribution >= 0.6 is 15.3 Å². The molecule has 664 valence electrons. The Morgan fingerprint density at radius 1 is 0.411 bits per heavy atom. The van der Waals surface area contributed by atoms with Crippen molar-refractivity contribution < 1.29 is 48.1 Å². The number of hydrogen-bond acceptors (Lipinski definition) is 20. The third-order valence-electron chi connectivity index (χ3n) is 23.9. The van der Waals surface area contributed by atoms with Gasteiger partial charge in [0.1, 0.15) is 24.9 Å². The number of rotatable bonds is 30. The van der Waals surface area contributed by atoms with E-state index in [1.807, 2.05) is 146 Å². The summed E-state index contributed by atoms with van der Waals surface area (Å²) in [6.07, 6.45) is 0.166. The van der Waals surface area contributed by atoms with Crippen LogP contribution in [0.3, 0.4) is 0 Å². The zero-order valence-electron chi connectivity index (χ0n) is 71.2. The first-order valence-corrected chi connectivity index (χ1v) is 47.1. The molecule has 0 bridgehead atoms. The van der Waals surface area contributed by atoms with Crippen LogP contribution in [0.5, 0.6) is 0 Å². The van der Waals surface area contributed by atoms with Gasteiger partial charge < -0.3 is 37.5 Å². The number of ether oxygens (including phenoxy) is 4. The van der Waals surface area contributed by atoms with Crippen molar-refractivity contribution in [1.82, 2.24) is 68.4 Å². The predicted octanol–water partition coefficient (Wildman–Crippen LogP) is 9.64. The highest BCUT2D eigenvalue weighted by Crippen LogP contribution is 2.52. The molecule has 14 atom stereocenters. The van der Waals surface area contributed by atoms with Crippen LogP contribution in [0.4, 0.5) is 0 Å². The van der Waals surface area contributed by atoms with Crippen molar-refractivity contribution >= 4 is 23.7 Å². The lowest BCUT2D eigenvalue weighted by molar-refractivity contribution is -0.0302. The summed E-state index contributed by atoms with van der Waals surface area (Å²) in [5.74, 6) is 0. The molecule has 0 radical (unpaired) electrons. The smallest absolute Gasteiger partial charge is 0.343 e. The van der Waals surface area contributed by atoms with E-state index >= 15 is 4.57 Å². The zero-order chi connectivity index (χ0) is 88.1. The Morgan fingerprint density at radius 3 is 0.887 bits per heavy atom. The molecular formula is C89H116N14O18P2Si. The van der Waals surface area contributed by atoms with Gasteiger partial charge in [-0.3, -0.25) is 77.1 Å². The van der Waals surface area contributed by atoms with Gasteiger partial charge in [-0.25, -0.2) is 38.7 Å². The van der Waals surface area contributed by atoms with Crippen LogP contribution in [0.1, 0.15) is 136 Å². The molecule has 8 heterocycles. The normalized spacial score (nSPS) is 22.7. The van der Waals surface area contributed by atoms with Crippen LogP contribution in [0, 0.1) is 27.7 Å². The second-order valence-corrected chi connectivity index (χ2v) is 43.1. The molecule has 35 heteroatoms. The first-order chi connectivity index (χ1) is 58.5. The molecule has 4 aliphatic heterocycles. The summed E-state index contributed by atoms with van der Waals surface area (Å²) in [6, 6.07) is 57.7. The summed E-state index contributed by atoms with van der Waals surface area (Å²) >= 11 is 0. The summed E-state index contributed by atoms with van der Waals surface area (Å²) in [5.41, 5.74) is 0.584. The monoisotopic (exact) mass is 1760 g/mol. The van der Waals surface area contributed by atoms with Gasteiger partial charge in [0.2, 0.25) is 0 Å². The van der Waals surface area contributed by atoms with Gasteiger partial charge in [0.15, 0.2) is 8.32 Å². The summed E-state index contributed by atoms with van der Waals surface area (Å²) in [7, 11) is -3.69. The van der Waals surface area contributed by atoms with E-state index in [2.05, 4.69) is 111 Å². The van der Waals surface area contributed by atoms with Crippen LogP contribution in [0.2, 0.25) is 18.1 Å². The predicted molar refractivity (Wildman–Crippen MR) is 478 cm³/mol. The first-order valence-electron chi connectivity index (χ1n) is 41.0. The van der Waals surface area contributed by atoms with Gasteiger partial charge >= 0.3 is 38.1 Å². The third kappa shape index (κ3) is 20.0. The Hall–Kier alpha value is -9.84. The van der Waals surface area contributed by atoms with Crippen molar-refractivity contribution in [3.8, 4) is 0 Å². The van der Waals surface area contributed by atoms with Gasteiger partial charge in [0.05, 0.1) is 61.9 Å². The van der Waals surface area contributed by atoms with Crippen molar-refractivity contribution in [3.63, 3.8) is 0 Å². The molecule has 4 fully saturated rings. The summed E-state index contributed by atoms with van der Waals surface area (Å²) in [4.78, 5) is 111. The molecule has 0 aliphatic carbocycles. The highest BCUT2D eigenvalue weighted by Gasteiger charge is 2.51. The van der Waals surface area contributed by atoms with Crippen molar-refractivity contribution in [2.75, 3.05) is 54.6 Å². The number of aromatic nitrogens is 8. The van der Waals surface area contributed by atoms with Gasteiger partial charge in [-0.15, -0.1) is 0 Å². The van der Waals surface area contributed by atoms with Gasteiger partial charge in [-0.1, -0.05) is 210 Å². The van der Waals surface area contributed by atoms with Crippen LogP contribution < -0.4 is 65.8 Å². The molecule has 4 saturated heterocycles. The summed E-state index contributed by atoms with van der Waals surface area (Å²) in [6.45, 7) is 16.4. The minimum atomic E-state index is -3.95. The van der Waals surface area contributed by atoms with Crippen molar-refractivity contribution in [2.45, 2.75) is 184 Å². The lowest BCUT2D eigenvalue weighted by Gasteiger charge is -2.40. The molecule has 9 N–H and O–H groups in total. The number of aryl methyl sites for hydroxylation is 4. The van der Waals surface area contributed by atoms with Gasteiger partial charge in [-0.2, -0.15) is 0 Å². The number of H-pyrrole nitrogens is 4. The number of hydrogen-bond donors (Lipinski definition) is 9. The molecule has 0 amide bonds. The fourth-order valence-electron chi connectivity index (χ4n) is 16.0. The van der Waals surface area contributed by atoms with E-state index in [1.165, 1.54) is 52.4 Å².